The van der Waals surface area contributed by atoms with Gasteiger partial charge in [-0.3, -0.25) is 19.8 Å². The molecular formula is C25H32N6O2. The quantitative estimate of drug-likeness (QED) is 0.522. The van der Waals surface area contributed by atoms with Crippen LogP contribution in [0.25, 0.3) is 11.1 Å². The Morgan fingerprint density at radius 1 is 1.06 bits per heavy atom. The molecule has 1 aliphatic carbocycles. The van der Waals surface area contributed by atoms with Gasteiger partial charge < -0.3 is 10.2 Å². The van der Waals surface area contributed by atoms with Gasteiger partial charge in [-0.05, 0) is 62.3 Å². The number of aromatic nitrogens is 4. The van der Waals surface area contributed by atoms with Crippen LogP contribution >= 0.6 is 0 Å². The minimum Gasteiger partial charge on any atom is -0.328 e. The lowest BCUT2D eigenvalue weighted by molar-refractivity contribution is -0.122. The molecule has 8 nitrogen and oxygen atoms in total. The molecule has 2 amide bonds. The molecule has 1 aromatic carbocycles. The topological polar surface area (TPSA) is 107 Å². The second kappa shape index (κ2) is 9.60. The fourth-order valence-corrected chi connectivity index (χ4v) is 4.91. The number of carbonyl (C=O) groups excluding carboxylic acids is 2. The van der Waals surface area contributed by atoms with Crippen LogP contribution < -0.4 is 5.32 Å². The third kappa shape index (κ3) is 4.84. The molecule has 1 atom stereocenters. The molecule has 0 radical (unpaired) electrons. The molecule has 0 saturated heterocycles. The third-order valence-corrected chi connectivity index (χ3v) is 6.81. The van der Waals surface area contributed by atoms with Crippen LogP contribution in [-0.4, -0.2) is 50.2 Å². The Bertz CT molecular complexity index is 1080. The molecule has 1 saturated carbocycles. The van der Waals surface area contributed by atoms with E-state index in [9.17, 15) is 9.59 Å². The van der Waals surface area contributed by atoms with Crippen molar-refractivity contribution in [3.8, 4) is 11.1 Å². The van der Waals surface area contributed by atoms with E-state index in [1.807, 2.05) is 38.1 Å². The summed E-state index contributed by atoms with van der Waals surface area (Å²) in [5.74, 6) is 0.385. The first-order valence-electron chi connectivity index (χ1n) is 11.5. The van der Waals surface area contributed by atoms with Gasteiger partial charge in [0.1, 0.15) is 11.7 Å². The summed E-state index contributed by atoms with van der Waals surface area (Å²) < 4.78 is 0. The van der Waals surface area contributed by atoms with Crippen LogP contribution in [0, 0.1) is 25.7 Å². The van der Waals surface area contributed by atoms with Crippen LogP contribution in [0.4, 0.5) is 5.69 Å². The van der Waals surface area contributed by atoms with E-state index in [2.05, 4.69) is 32.6 Å². The number of benzene rings is 1. The van der Waals surface area contributed by atoms with E-state index >= 15 is 0 Å². The van der Waals surface area contributed by atoms with Crippen LogP contribution in [0.3, 0.4) is 0 Å². The summed E-state index contributed by atoms with van der Waals surface area (Å²) in [4.78, 5) is 28.1. The largest absolute Gasteiger partial charge is 0.328 e. The molecule has 1 fully saturated rings. The summed E-state index contributed by atoms with van der Waals surface area (Å²) in [7, 11) is 1.71. The Balaban J connectivity index is 1.54. The number of carbonyl (C=O) groups is 2. The number of H-pyrrole nitrogens is 2. The maximum atomic E-state index is 13.5. The third-order valence-electron chi connectivity index (χ3n) is 6.81. The van der Waals surface area contributed by atoms with Crippen LogP contribution in [0.2, 0.25) is 0 Å². The monoisotopic (exact) mass is 448 g/mol. The lowest BCUT2D eigenvalue weighted by Crippen LogP contribution is -2.50. The molecular weight excluding hydrogens is 416 g/mol. The summed E-state index contributed by atoms with van der Waals surface area (Å²) in [6.45, 7) is 6.21. The van der Waals surface area contributed by atoms with Crippen molar-refractivity contribution in [3.63, 3.8) is 0 Å². The van der Waals surface area contributed by atoms with Crippen LogP contribution in [0.5, 0.6) is 0 Å². The van der Waals surface area contributed by atoms with E-state index in [4.69, 9.17) is 0 Å². The van der Waals surface area contributed by atoms with Crippen molar-refractivity contribution in [3.05, 3.63) is 53.6 Å². The number of aromatic amines is 2. The maximum absolute atomic E-state index is 13.5. The first-order valence-corrected chi connectivity index (χ1v) is 11.5. The van der Waals surface area contributed by atoms with Gasteiger partial charge in [0, 0.05) is 30.2 Å². The van der Waals surface area contributed by atoms with Gasteiger partial charge in [-0.25, -0.2) is 0 Å². The number of hydrogen-bond acceptors (Lipinski definition) is 4. The second-order valence-electron chi connectivity index (χ2n) is 9.23. The van der Waals surface area contributed by atoms with Gasteiger partial charge in [-0.1, -0.05) is 31.9 Å². The van der Waals surface area contributed by atoms with Crippen molar-refractivity contribution in [1.82, 2.24) is 25.3 Å². The average molecular weight is 449 g/mol. The van der Waals surface area contributed by atoms with Gasteiger partial charge in [0.25, 0.3) is 5.91 Å². The molecule has 0 aliphatic heterocycles. The molecule has 0 unspecified atom stereocenters. The Labute approximate surface area is 194 Å². The van der Waals surface area contributed by atoms with Crippen molar-refractivity contribution in [1.29, 1.82) is 0 Å². The highest BCUT2D eigenvalue weighted by Gasteiger charge is 2.36. The van der Waals surface area contributed by atoms with Crippen LogP contribution in [0.1, 0.15) is 54.5 Å². The molecule has 3 N–H and O–H groups in total. The molecule has 174 valence electrons. The predicted molar refractivity (Wildman–Crippen MR) is 128 cm³/mol. The van der Waals surface area contributed by atoms with Crippen molar-refractivity contribution in [2.75, 3.05) is 12.4 Å². The zero-order valence-electron chi connectivity index (χ0n) is 19.7. The van der Waals surface area contributed by atoms with Crippen LogP contribution in [-0.2, 0) is 4.79 Å². The second-order valence-corrected chi connectivity index (χ2v) is 9.23. The lowest BCUT2D eigenvalue weighted by Gasteiger charge is -2.37. The number of nitrogens with one attached hydrogen (secondary N) is 3. The van der Waals surface area contributed by atoms with E-state index < -0.39 is 6.04 Å². The molecule has 2 aromatic heterocycles. The maximum Gasteiger partial charge on any atom is 0.272 e. The Hall–Kier alpha value is -3.42. The molecule has 4 rings (SSSR count). The molecule has 1 aliphatic rings. The van der Waals surface area contributed by atoms with Gasteiger partial charge in [-0.2, -0.15) is 10.2 Å². The summed E-state index contributed by atoms with van der Waals surface area (Å²) in [6.07, 6.45) is 5.54. The van der Waals surface area contributed by atoms with Crippen molar-refractivity contribution in [2.24, 2.45) is 11.8 Å². The number of rotatable bonds is 6. The Kier molecular flexibility index (Phi) is 6.62. The fourth-order valence-electron chi connectivity index (χ4n) is 4.91. The van der Waals surface area contributed by atoms with Crippen molar-refractivity contribution >= 4 is 17.5 Å². The fraction of sp³-hybridized carbons (Fsp3) is 0.440. The van der Waals surface area contributed by atoms with Gasteiger partial charge in [-0.15, -0.1) is 0 Å². The molecule has 0 bridgehead atoms. The minimum atomic E-state index is -0.550. The van der Waals surface area contributed by atoms with E-state index in [0.717, 1.165) is 48.2 Å². The normalized spacial score (nSPS) is 19.2. The summed E-state index contributed by atoms with van der Waals surface area (Å²) in [6, 6.07) is 8.85. The number of hydrogen-bond donors (Lipinski definition) is 3. The first kappa shape index (κ1) is 22.8. The molecule has 3 aromatic rings. The van der Waals surface area contributed by atoms with Gasteiger partial charge >= 0.3 is 0 Å². The number of likely N-dealkylation sites (N-methyl/N-ethyl adjacent to an activating group) is 1. The van der Waals surface area contributed by atoms with Crippen LogP contribution in [0.15, 0.2) is 36.5 Å². The van der Waals surface area contributed by atoms with E-state index in [-0.39, 0.29) is 17.7 Å². The number of nitrogens with zero attached hydrogens (tertiary/aromatic N) is 3. The first-order chi connectivity index (χ1) is 15.8. The highest BCUT2D eigenvalue weighted by atomic mass is 16.2. The predicted octanol–water partition coefficient (Wildman–Crippen LogP) is 4.32. The smallest absolute Gasteiger partial charge is 0.272 e. The van der Waals surface area contributed by atoms with Gasteiger partial charge in [0.05, 0.1) is 5.69 Å². The summed E-state index contributed by atoms with van der Waals surface area (Å²) >= 11 is 0. The van der Waals surface area contributed by atoms with E-state index in [1.54, 1.807) is 24.2 Å². The summed E-state index contributed by atoms with van der Waals surface area (Å²) in [5, 5.41) is 16.9. The lowest BCUT2D eigenvalue weighted by atomic mass is 9.78. The highest BCUT2D eigenvalue weighted by Crippen LogP contribution is 2.33. The minimum absolute atomic E-state index is 0.119. The molecule has 33 heavy (non-hydrogen) atoms. The summed E-state index contributed by atoms with van der Waals surface area (Å²) in [5.41, 5.74) is 5.16. The Morgan fingerprint density at radius 2 is 1.76 bits per heavy atom. The molecule has 8 heteroatoms. The average Bonchev–Trinajstić information content (AvgIpc) is 3.45. The number of aryl methyl sites for hydroxylation is 2. The molecule has 0 spiro atoms. The van der Waals surface area contributed by atoms with E-state index in [1.165, 1.54) is 0 Å². The van der Waals surface area contributed by atoms with Gasteiger partial charge in [0.2, 0.25) is 5.91 Å². The molecule has 2 heterocycles. The Morgan fingerprint density at radius 3 is 2.33 bits per heavy atom. The SMILES string of the molecule is Cc1n[nH]c(C)c1-c1ccc(NC(=O)[C@H](C2CCC(C)CC2)N(C)C(=O)c2ccn[nH]2)cc1. The highest BCUT2D eigenvalue weighted by molar-refractivity contribution is 6.00. The van der Waals surface area contributed by atoms with Crippen molar-refractivity contribution in [2.45, 2.75) is 52.5 Å². The van der Waals surface area contributed by atoms with E-state index in [0.29, 0.717) is 17.3 Å². The zero-order valence-corrected chi connectivity index (χ0v) is 19.7. The number of amides is 2. The number of anilines is 1. The van der Waals surface area contributed by atoms with Crippen molar-refractivity contribution < 1.29 is 9.59 Å². The zero-order chi connectivity index (χ0) is 23.5. The standard InChI is InChI=1S/C25H32N6O2/c1-15-5-7-19(8-6-15)23(31(4)25(33)21-13-14-26-30-21)24(32)27-20-11-9-18(10-12-20)22-16(2)28-29-17(22)3/h9-15,19,23H,5-8H2,1-4H3,(H,26,30)(H,27,32)(H,28,29)/t15?,19?,23-/m0/s1. The van der Waals surface area contributed by atoms with Gasteiger partial charge in [0.15, 0.2) is 0 Å².